The van der Waals surface area contributed by atoms with Crippen LogP contribution < -0.4 is 14.8 Å². The van der Waals surface area contributed by atoms with Crippen LogP contribution in [0.4, 0.5) is 5.82 Å². The molecule has 1 N–H and O–H groups in total. The van der Waals surface area contributed by atoms with Gasteiger partial charge in [-0.05, 0) is 49.2 Å². The molecule has 0 aliphatic rings. The first-order valence-electron chi connectivity index (χ1n) is 8.64. The molecule has 6 nitrogen and oxygen atoms in total. The Bertz CT molecular complexity index is 963. The van der Waals surface area contributed by atoms with Gasteiger partial charge in [0.15, 0.2) is 5.82 Å². The Kier molecular flexibility index (Phi) is 5.45. The maximum atomic E-state index is 12.5. The topological polar surface area (TPSA) is 65.4 Å². The van der Waals surface area contributed by atoms with Crippen LogP contribution in [-0.2, 0) is 13.7 Å². The maximum absolute atomic E-state index is 12.5. The molecule has 2 aromatic carbocycles. The van der Waals surface area contributed by atoms with Crippen molar-refractivity contribution >= 4 is 11.7 Å². The average molecular weight is 365 g/mol. The Morgan fingerprint density at radius 1 is 1.11 bits per heavy atom. The van der Waals surface area contributed by atoms with Gasteiger partial charge in [-0.3, -0.25) is 9.48 Å². The van der Waals surface area contributed by atoms with Crippen molar-refractivity contribution < 1.29 is 14.3 Å². The van der Waals surface area contributed by atoms with Crippen LogP contribution in [0.3, 0.4) is 0 Å². The van der Waals surface area contributed by atoms with Gasteiger partial charge in [0.25, 0.3) is 5.91 Å². The van der Waals surface area contributed by atoms with Crippen molar-refractivity contribution in [3.05, 3.63) is 70.9 Å². The van der Waals surface area contributed by atoms with Gasteiger partial charge in [0.05, 0.1) is 7.11 Å². The molecule has 3 rings (SSSR count). The van der Waals surface area contributed by atoms with Gasteiger partial charge in [0.2, 0.25) is 0 Å². The van der Waals surface area contributed by atoms with E-state index in [1.807, 2.05) is 32.0 Å². The number of nitrogens with zero attached hydrogens (tertiary/aromatic N) is 2. The van der Waals surface area contributed by atoms with Crippen LogP contribution in [0.1, 0.15) is 27.0 Å². The summed E-state index contributed by atoms with van der Waals surface area (Å²) in [5.41, 5.74) is 3.50. The number of carbonyl (C=O) groups excluding carboxylic acids is 1. The third kappa shape index (κ3) is 4.47. The second-order valence-corrected chi connectivity index (χ2v) is 6.41. The van der Waals surface area contributed by atoms with Crippen molar-refractivity contribution in [2.45, 2.75) is 20.5 Å². The van der Waals surface area contributed by atoms with Gasteiger partial charge in [0.1, 0.15) is 18.1 Å². The van der Waals surface area contributed by atoms with Gasteiger partial charge >= 0.3 is 0 Å². The second kappa shape index (κ2) is 7.95. The van der Waals surface area contributed by atoms with Crippen LogP contribution in [0, 0.1) is 13.8 Å². The van der Waals surface area contributed by atoms with Crippen molar-refractivity contribution in [1.82, 2.24) is 9.78 Å². The van der Waals surface area contributed by atoms with Crippen LogP contribution in [-0.4, -0.2) is 22.8 Å². The fraction of sp³-hybridized carbons (Fsp3) is 0.238. The summed E-state index contributed by atoms with van der Waals surface area (Å²) < 4.78 is 13.0. The number of anilines is 1. The predicted octanol–water partition coefficient (Wildman–Crippen LogP) is 3.88. The minimum absolute atomic E-state index is 0.232. The molecule has 140 valence electrons. The normalized spacial score (nSPS) is 10.5. The molecule has 0 bridgehead atoms. The summed E-state index contributed by atoms with van der Waals surface area (Å²) in [6, 6.07) is 13.1. The molecule has 0 unspecified atom stereocenters. The molecule has 0 saturated heterocycles. The smallest absolute Gasteiger partial charge is 0.256 e. The zero-order valence-corrected chi connectivity index (χ0v) is 15.9. The van der Waals surface area contributed by atoms with Crippen molar-refractivity contribution in [2.24, 2.45) is 7.05 Å². The first-order valence-corrected chi connectivity index (χ1v) is 8.64. The fourth-order valence-electron chi connectivity index (χ4n) is 2.72. The number of ether oxygens (including phenoxy) is 2. The summed E-state index contributed by atoms with van der Waals surface area (Å²) >= 11 is 0. The second-order valence-electron chi connectivity index (χ2n) is 6.41. The number of aryl methyl sites for hydroxylation is 3. The SMILES string of the molecule is COc1ccc(C(=O)Nc2ccn(C)n2)cc1COc1cc(C)ccc1C. The van der Waals surface area contributed by atoms with E-state index in [4.69, 9.17) is 9.47 Å². The summed E-state index contributed by atoms with van der Waals surface area (Å²) in [5.74, 6) is 1.77. The lowest BCUT2D eigenvalue weighted by Gasteiger charge is -2.14. The predicted molar refractivity (Wildman–Crippen MR) is 104 cm³/mol. The summed E-state index contributed by atoms with van der Waals surface area (Å²) in [6.45, 7) is 4.33. The van der Waals surface area contributed by atoms with Gasteiger partial charge < -0.3 is 14.8 Å². The molecule has 1 heterocycles. The van der Waals surface area contributed by atoms with Crippen LogP contribution in [0.2, 0.25) is 0 Å². The van der Waals surface area contributed by atoms with Crippen molar-refractivity contribution in [2.75, 3.05) is 12.4 Å². The van der Waals surface area contributed by atoms with Crippen molar-refractivity contribution in [1.29, 1.82) is 0 Å². The van der Waals surface area contributed by atoms with Crippen molar-refractivity contribution in [3.63, 3.8) is 0 Å². The van der Waals surface area contributed by atoms with Gasteiger partial charge in [-0.2, -0.15) is 5.10 Å². The first-order chi connectivity index (χ1) is 13.0. The van der Waals surface area contributed by atoms with Crippen LogP contribution >= 0.6 is 0 Å². The third-order valence-corrected chi connectivity index (χ3v) is 4.22. The average Bonchev–Trinajstić information content (AvgIpc) is 3.06. The number of carbonyl (C=O) groups is 1. The number of aromatic nitrogens is 2. The Morgan fingerprint density at radius 2 is 1.93 bits per heavy atom. The minimum atomic E-state index is -0.232. The number of nitrogens with one attached hydrogen (secondary N) is 1. The molecule has 0 aliphatic heterocycles. The largest absolute Gasteiger partial charge is 0.496 e. The van der Waals surface area contributed by atoms with Gasteiger partial charge in [0, 0.05) is 30.4 Å². The van der Waals surface area contributed by atoms with E-state index in [1.54, 1.807) is 49.3 Å². The van der Waals surface area contributed by atoms with E-state index in [1.165, 1.54) is 0 Å². The number of amides is 1. The highest BCUT2D eigenvalue weighted by Gasteiger charge is 2.13. The highest BCUT2D eigenvalue weighted by molar-refractivity contribution is 6.04. The number of benzene rings is 2. The molecule has 0 spiro atoms. The van der Waals surface area contributed by atoms with Crippen LogP contribution in [0.25, 0.3) is 0 Å². The standard InChI is InChI=1S/C21H23N3O3/c1-14-5-6-15(2)19(11-14)27-13-17-12-16(7-8-18(17)26-4)21(25)22-20-9-10-24(3)23-20/h5-12H,13H2,1-4H3,(H,22,23,25). The highest BCUT2D eigenvalue weighted by Crippen LogP contribution is 2.25. The zero-order valence-electron chi connectivity index (χ0n) is 15.9. The Labute approximate surface area is 158 Å². The lowest BCUT2D eigenvalue weighted by Crippen LogP contribution is -2.13. The quantitative estimate of drug-likeness (QED) is 0.720. The molecular weight excluding hydrogens is 342 g/mol. The summed E-state index contributed by atoms with van der Waals surface area (Å²) in [6.07, 6.45) is 1.77. The zero-order chi connectivity index (χ0) is 19.4. The molecule has 0 radical (unpaired) electrons. The van der Waals surface area contributed by atoms with E-state index in [0.29, 0.717) is 23.7 Å². The maximum Gasteiger partial charge on any atom is 0.256 e. The molecule has 6 heteroatoms. The lowest BCUT2D eigenvalue weighted by atomic mass is 10.1. The lowest BCUT2D eigenvalue weighted by molar-refractivity contribution is 0.102. The molecule has 1 aromatic heterocycles. The fourth-order valence-corrected chi connectivity index (χ4v) is 2.72. The minimum Gasteiger partial charge on any atom is -0.496 e. The van der Waals surface area contributed by atoms with E-state index in [2.05, 4.69) is 10.4 Å². The number of methoxy groups -OCH3 is 1. The van der Waals surface area contributed by atoms with Crippen LogP contribution in [0.5, 0.6) is 11.5 Å². The van der Waals surface area contributed by atoms with Crippen molar-refractivity contribution in [3.8, 4) is 11.5 Å². The molecule has 0 saturated carbocycles. The van der Waals surface area contributed by atoms with Gasteiger partial charge in [-0.25, -0.2) is 0 Å². The Morgan fingerprint density at radius 3 is 2.63 bits per heavy atom. The number of hydrogen-bond donors (Lipinski definition) is 1. The third-order valence-electron chi connectivity index (χ3n) is 4.22. The number of hydrogen-bond acceptors (Lipinski definition) is 4. The summed E-state index contributed by atoms with van der Waals surface area (Å²) in [7, 11) is 3.40. The monoisotopic (exact) mass is 365 g/mol. The first kappa shape index (κ1) is 18.5. The van der Waals surface area contributed by atoms with E-state index in [0.717, 1.165) is 22.4 Å². The van der Waals surface area contributed by atoms with Crippen LogP contribution in [0.15, 0.2) is 48.7 Å². The Hall–Kier alpha value is -3.28. The molecule has 27 heavy (non-hydrogen) atoms. The van der Waals surface area contributed by atoms with Gasteiger partial charge in [-0.1, -0.05) is 12.1 Å². The molecule has 0 atom stereocenters. The number of rotatable bonds is 6. The molecule has 0 fully saturated rings. The Balaban J connectivity index is 1.78. The van der Waals surface area contributed by atoms with E-state index in [-0.39, 0.29) is 5.91 Å². The summed E-state index contributed by atoms with van der Waals surface area (Å²) in [5, 5.41) is 6.94. The molecule has 1 amide bonds. The summed E-state index contributed by atoms with van der Waals surface area (Å²) in [4.78, 5) is 12.5. The molecule has 3 aromatic rings. The van der Waals surface area contributed by atoms with E-state index >= 15 is 0 Å². The van der Waals surface area contributed by atoms with Gasteiger partial charge in [-0.15, -0.1) is 0 Å². The highest BCUT2D eigenvalue weighted by atomic mass is 16.5. The van der Waals surface area contributed by atoms with E-state index < -0.39 is 0 Å². The molecule has 0 aliphatic carbocycles. The molecular formula is C21H23N3O3. The van der Waals surface area contributed by atoms with E-state index in [9.17, 15) is 4.79 Å².